The normalized spacial score (nSPS) is 14.5. The molecular formula is C4H8N6S3. The quantitative estimate of drug-likeness (QED) is 0.285. The summed E-state index contributed by atoms with van der Waals surface area (Å²) in [6.07, 6.45) is 0. The smallest absolute Gasteiger partial charge is 0.214 e. The zero-order valence-corrected chi connectivity index (χ0v) is 8.96. The lowest BCUT2D eigenvalue weighted by molar-refractivity contribution is 0.464. The molecule has 0 spiro atoms. The Hall–Kier alpha value is -0.480. The zero-order chi connectivity index (χ0) is 9.84. The molecular weight excluding hydrogens is 228 g/mol. The second-order valence-electron chi connectivity index (χ2n) is 2.02. The Labute approximate surface area is 90.2 Å². The molecule has 0 aromatic rings. The van der Waals surface area contributed by atoms with Gasteiger partial charge in [-0.1, -0.05) is 11.8 Å². The number of hydrogen-bond donors (Lipinski definition) is 3. The first kappa shape index (κ1) is 10.6. The van der Waals surface area contributed by atoms with Crippen molar-refractivity contribution in [3.8, 4) is 0 Å². The highest BCUT2D eigenvalue weighted by Crippen LogP contribution is 2.11. The molecule has 0 saturated carbocycles. The predicted molar refractivity (Wildman–Crippen MR) is 61.3 cm³/mol. The molecule has 1 rings (SSSR count). The molecule has 1 heterocycles. The van der Waals surface area contributed by atoms with E-state index in [2.05, 4.69) is 10.5 Å². The van der Waals surface area contributed by atoms with E-state index < -0.39 is 0 Å². The van der Waals surface area contributed by atoms with Gasteiger partial charge in [-0.25, -0.2) is 21.7 Å². The summed E-state index contributed by atoms with van der Waals surface area (Å²) in [5.74, 6) is 11.2. The van der Waals surface area contributed by atoms with Crippen LogP contribution >= 0.6 is 36.2 Å². The third kappa shape index (κ3) is 2.48. The van der Waals surface area contributed by atoms with Crippen LogP contribution in [0.2, 0.25) is 0 Å². The molecule has 9 heteroatoms. The molecule has 0 aromatic heterocycles. The molecule has 6 nitrogen and oxygen atoms in total. The molecule has 0 aliphatic carbocycles. The third-order valence-electron chi connectivity index (χ3n) is 1.23. The number of hydrazone groups is 1. The second kappa shape index (κ2) is 4.67. The standard InChI is InChI=1S/C4H8N6S3/c5-8-3(11)10(6)4(12)9-2-13-1-7-9/h1H,2,5-6H2,(H,8,11). The van der Waals surface area contributed by atoms with Crippen LogP contribution in [0.25, 0.3) is 0 Å². The number of nitrogens with zero attached hydrogens (tertiary/aromatic N) is 3. The van der Waals surface area contributed by atoms with Crippen LogP contribution in [-0.4, -0.2) is 31.7 Å². The molecule has 1 aliphatic heterocycles. The van der Waals surface area contributed by atoms with Crippen molar-refractivity contribution in [2.24, 2.45) is 16.8 Å². The first-order valence-corrected chi connectivity index (χ1v) is 5.04. The van der Waals surface area contributed by atoms with Gasteiger partial charge >= 0.3 is 0 Å². The monoisotopic (exact) mass is 236 g/mol. The van der Waals surface area contributed by atoms with E-state index >= 15 is 0 Å². The van der Waals surface area contributed by atoms with E-state index in [1.54, 1.807) is 10.6 Å². The maximum atomic E-state index is 5.53. The van der Waals surface area contributed by atoms with Crippen molar-refractivity contribution in [3.63, 3.8) is 0 Å². The van der Waals surface area contributed by atoms with Gasteiger partial charge in [-0.2, -0.15) is 5.10 Å². The van der Waals surface area contributed by atoms with Crippen molar-refractivity contribution in [2.45, 2.75) is 0 Å². The van der Waals surface area contributed by atoms with Gasteiger partial charge in [0.2, 0.25) is 10.2 Å². The molecule has 0 atom stereocenters. The van der Waals surface area contributed by atoms with Gasteiger partial charge in [0.15, 0.2) is 0 Å². The van der Waals surface area contributed by atoms with Crippen LogP contribution in [0.15, 0.2) is 5.10 Å². The maximum absolute atomic E-state index is 5.53. The van der Waals surface area contributed by atoms with E-state index in [0.717, 1.165) is 5.01 Å². The van der Waals surface area contributed by atoms with Gasteiger partial charge in [-0.3, -0.25) is 5.43 Å². The van der Waals surface area contributed by atoms with Crippen LogP contribution < -0.4 is 17.1 Å². The van der Waals surface area contributed by atoms with Crippen molar-refractivity contribution >= 4 is 52.0 Å². The molecule has 0 saturated heterocycles. The Morgan fingerprint density at radius 2 is 2.38 bits per heavy atom. The SMILES string of the molecule is NNC(=S)N(N)C(=S)N1CSC=N1. The van der Waals surface area contributed by atoms with Crippen molar-refractivity contribution in [2.75, 3.05) is 5.88 Å². The number of nitrogens with two attached hydrogens (primary N) is 2. The molecule has 72 valence electrons. The number of nitrogens with one attached hydrogen (secondary N) is 1. The minimum Gasteiger partial charge on any atom is -0.299 e. The Bertz CT molecular complexity index is 252. The molecule has 0 bridgehead atoms. The van der Waals surface area contributed by atoms with Crippen LogP contribution in [0, 0.1) is 0 Å². The molecule has 1 aliphatic rings. The third-order valence-corrected chi connectivity index (χ3v) is 2.59. The predicted octanol–water partition coefficient (Wildman–Crippen LogP) is -0.855. The first-order chi connectivity index (χ1) is 6.16. The van der Waals surface area contributed by atoms with Gasteiger partial charge in [0.25, 0.3) is 0 Å². The largest absolute Gasteiger partial charge is 0.299 e. The number of hydrazine groups is 2. The molecule has 0 amide bonds. The summed E-state index contributed by atoms with van der Waals surface area (Å²) >= 11 is 11.3. The van der Waals surface area contributed by atoms with E-state index in [0.29, 0.717) is 11.0 Å². The van der Waals surface area contributed by atoms with Crippen molar-refractivity contribution in [1.29, 1.82) is 0 Å². The Morgan fingerprint density at radius 1 is 1.69 bits per heavy atom. The Kier molecular flexibility index (Phi) is 3.81. The van der Waals surface area contributed by atoms with Gasteiger partial charge < -0.3 is 0 Å². The number of hydrogen-bond acceptors (Lipinski definition) is 6. The molecule has 0 aromatic carbocycles. The molecule has 5 N–H and O–H groups in total. The second-order valence-corrected chi connectivity index (χ2v) is 3.57. The van der Waals surface area contributed by atoms with E-state index in [4.69, 9.17) is 36.1 Å². The first-order valence-electron chi connectivity index (χ1n) is 3.17. The fourth-order valence-corrected chi connectivity index (χ4v) is 1.62. The summed E-state index contributed by atoms with van der Waals surface area (Å²) in [5, 5.41) is 7.05. The van der Waals surface area contributed by atoms with Crippen LogP contribution in [0.4, 0.5) is 0 Å². The van der Waals surface area contributed by atoms with Gasteiger partial charge in [0.1, 0.15) is 0 Å². The van der Waals surface area contributed by atoms with Crippen molar-refractivity contribution in [3.05, 3.63) is 0 Å². The van der Waals surface area contributed by atoms with E-state index in [9.17, 15) is 0 Å². The highest BCUT2D eigenvalue weighted by molar-refractivity contribution is 8.12. The molecule has 0 fully saturated rings. The van der Waals surface area contributed by atoms with Gasteiger partial charge in [0, 0.05) is 0 Å². The van der Waals surface area contributed by atoms with Crippen LogP contribution in [0.5, 0.6) is 0 Å². The van der Waals surface area contributed by atoms with E-state index in [1.165, 1.54) is 11.8 Å². The van der Waals surface area contributed by atoms with Gasteiger partial charge in [0.05, 0.1) is 11.4 Å². The lowest BCUT2D eigenvalue weighted by Crippen LogP contribution is -2.53. The number of rotatable bonds is 0. The minimum atomic E-state index is 0.150. The van der Waals surface area contributed by atoms with Crippen LogP contribution in [0.3, 0.4) is 0 Å². The van der Waals surface area contributed by atoms with E-state index in [-0.39, 0.29) is 5.11 Å². The summed E-state index contributed by atoms with van der Waals surface area (Å²) in [7, 11) is 0. The summed E-state index contributed by atoms with van der Waals surface area (Å²) in [4.78, 5) is 0. The maximum Gasteiger partial charge on any atom is 0.214 e. The lowest BCUT2D eigenvalue weighted by atomic mass is 10.8. The minimum absolute atomic E-state index is 0.150. The van der Waals surface area contributed by atoms with Crippen LogP contribution in [0.1, 0.15) is 0 Å². The fourth-order valence-electron chi connectivity index (χ4n) is 0.613. The van der Waals surface area contributed by atoms with Crippen molar-refractivity contribution in [1.82, 2.24) is 15.4 Å². The number of thioether (sulfide) groups is 1. The average Bonchev–Trinajstić information content (AvgIpc) is 2.67. The number of thiocarbonyl (C=S) groups is 2. The Balaban J connectivity index is 2.56. The topological polar surface area (TPSA) is 82.9 Å². The fraction of sp³-hybridized carbons (Fsp3) is 0.250. The lowest BCUT2D eigenvalue weighted by Gasteiger charge is -2.23. The highest BCUT2D eigenvalue weighted by Gasteiger charge is 2.18. The van der Waals surface area contributed by atoms with Crippen molar-refractivity contribution < 1.29 is 0 Å². The van der Waals surface area contributed by atoms with Gasteiger partial charge in [-0.05, 0) is 24.4 Å². The average molecular weight is 236 g/mol. The summed E-state index contributed by atoms with van der Waals surface area (Å²) in [6.45, 7) is 0. The summed E-state index contributed by atoms with van der Waals surface area (Å²) in [5.41, 5.74) is 3.91. The summed E-state index contributed by atoms with van der Waals surface area (Å²) < 4.78 is 0. The highest BCUT2D eigenvalue weighted by atomic mass is 32.2. The van der Waals surface area contributed by atoms with Gasteiger partial charge in [-0.15, -0.1) is 0 Å². The molecule has 13 heavy (non-hydrogen) atoms. The molecule has 0 radical (unpaired) electrons. The van der Waals surface area contributed by atoms with E-state index in [1.807, 2.05) is 0 Å². The zero-order valence-electron chi connectivity index (χ0n) is 6.51. The molecule has 0 unspecified atom stereocenters. The van der Waals surface area contributed by atoms with Crippen LogP contribution in [-0.2, 0) is 0 Å². The Morgan fingerprint density at radius 3 is 2.85 bits per heavy atom. The summed E-state index contributed by atoms with van der Waals surface area (Å²) in [6, 6.07) is 0.